The van der Waals surface area contributed by atoms with Crippen LogP contribution in [0.25, 0.3) is 0 Å². The van der Waals surface area contributed by atoms with E-state index < -0.39 is 0 Å². The number of hydrogen-bond acceptors (Lipinski definition) is 4. The normalized spacial score (nSPS) is 12.4. The molecule has 0 fully saturated rings. The molecular weight excluding hydrogens is 240 g/mol. The molecular formula is C15H24N2O2. The van der Waals surface area contributed by atoms with Crippen molar-refractivity contribution in [2.45, 2.75) is 13.5 Å². The Bertz CT molecular complexity index is 366. The molecule has 1 atom stereocenters. The summed E-state index contributed by atoms with van der Waals surface area (Å²) in [7, 11) is 4.05. The number of carbonyl (C=O) groups is 1. The lowest BCUT2D eigenvalue weighted by molar-refractivity contribution is -0.149. The van der Waals surface area contributed by atoms with Crippen LogP contribution in [0.3, 0.4) is 0 Å². The van der Waals surface area contributed by atoms with Crippen LogP contribution in [-0.4, -0.2) is 44.6 Å². The molecule has 19 heavy (non-hydrogen) atoms. The molecule has 0 spiro atoms. The lowest BCUT2D eigenvalue weighted by atomic mass is 10.2. The molecule has 4 nitrogen and oxygen atoms in total. The van der Waals surface area contributed by atoms with Gasteiger partial charge >= 0.3 is 5.97 Å². The summed E-state index contributed by atoms with van der Waals surface area (Å²) < 4.78 is 5.28. The third kappa shape index (κ3) is 6.94. The Hall–Kier alpha value is -1.39. The Labute approximate surface area is 115 Å². The second kappa shape index (κ2) is 8.67. The first-order valence-corrected chi connectivity index (χ1v) is 6.65. The number of hydrogen-bond donors (Lipinski definition) is 1. The summed E-state index contributed by atoms with van der Waals surface area (Å²) in [6.45, 7) is 4.73. The molecule has 1 unspecified atom stereocenters. The maximum Gasteiger partial charge on any atom is 0.310 e. The van der Waals surface area contributed by atoms with Crippen molar-refractivity contribution in [3.05, 3.63) is 35.9 Å². The lowest BCUT2D eigenvalue weighted by Crippen LogP contribution is -2.32. The average molecular weight is 264 g/mol. The number of benzene rings is 1. The van der Waals surface area contributed by atoms with E-state index in [9.17, 15) is 4.79 Å². The van der Waals surface area contributed by atoms with Crippen molar-refractivity contribution in [1.29, 1.82) is 0 Å². The molecule has 106 valence electrons. The first-order valence-electron chi connectivity index (χ1n) is 6.65. The Kier molecular flexibility index (Phi) is 7.15. The average Bonchev–Trinajstić information content (AvgIpc) is 2.41. The van der Waals surface area contributed by atoms with Gasteiger partial charge in [-0.05, 0) is 19.7 Å². The topological polar surface area (TPSA) is 41.6 Å². The molecule has 0 saturated carbocycles. The number of esters is 1. The Morgan fingerprint density at radius 1 is 1.32 bits per heavy atom. The summed E-state index contributed by atoms with van der Waals surface area (Å²) in [6.07, 6.45) is 0. The van der Waals surface area contributed by atoms with Crippen LogP contribution < -0.4 is 5.32 Å². The molecule has 1 aromatic carbocycles. The van der Waals surface area contributed by atoms with Gasteiger partial charge in [0.1, 0.15) is 6.61 Å². The maximum atomic E-state index is 11.8. The molecule has 0 amide bonds. The van der Waals surface area contributed by atoms with E-state index in [4.69, 9.17) is 4.74 Å². The highest BCUT2D eigenvalue weighted by Gasteiger charge is 2.13. The van der Waals surface area contributed by atoms with Gasteiger partial charge in [-0.1, -0.05) is 37.3 Å². The third-order valence-electron chi connectivity index (χ3n) is 2.81. The van der Waals surface area contributed by atoms with Crippen molar-refractivity contribution in [3.63, 3.8) is 0 Å². The van der Waals surface area contributed by atoms with E-state index in [1.165, 1.54) is 0 Å². The molecule has 0 radical (unpaired) electrons. The van der Waals surface area contributed by atoms with Gasteiger partial charge < -0.3 is 15.0 Å². The van der Waals surface area contributed by atoms with Crippen LogP contribution in [0, 0.1) is 5.92 Å². The molecule has 0 heterocycles. The summed E-state index contributed by atoms with van der Waals surface area (Å²) in [5.41, 5.74) is 1.02. The largest absolute Gasteiger partial charge is 0.461 e. The molecule has 0 saturated heterocycles. The molecule has 0 aliphatic rings. The van der Waals surface area contributed by atoms with E-state index in [1.807, 2.05) is 51.4 Å². The van der Waals surface area contributed by atoms with Crippen LogP contribution in [-0.2, 0) is 16.1 Å². The van der Waals surface area contributed by atoms with E-state index >= 15 is 0 Å². The third-order valence-corrected chi connectivity index (χ3v) is 2.81. The molecule has 0 aliphatic heterocycles. The van der Waals surface area contributed by atoms with Crippen LogP contribution in [0.1, 0.15) is 12.5 Å². The van der Waals surface area contributed by atoms with Crippen LogP contribution in [0.5, 0.6) is 0 Å². The zero-order valence-electron chi connectivity index (χ0n) is 12.1. The number of carbonyl (C=O) groups excluding carboxylic acids is 1. The Balaban J connectivity index is 2.18. The Morgan fingerprint density at radius 2 is 2.00 bits per heavy atom. The predicted octanol–water partition coefficient (Wildman–Crippen LogP) is 1.52. The SMILES string of the molecule is CC(CNCCN(C)C)C(=O)OCc1ccccc1. The zero-order chi connectivity index (χ0) is 14.1. The van der Waals surface area contributed by atoms with E-state index in [0.717, 1.165) is 18.7 Å². The van der Waals surface area contributed by atoms with Crippen LogP contribution in [0.4, 0.5) is 0 Å². The van der Waals surface area contributed by atoms with Crippen molar-refractivity contribution in [2.75, 3.05) is 33.7 Å². The van der Waals surface area contributed by atoms with Crippen LogP contribution >= 0.6 is 0 Å². The van der Waals surface area contributed by atoms with Gasteiger partial charge in [-0.3, -0.25) is 4.79 Å². The first kappa shape index (κ1) is 15.7. The van der Waals surface area contributed by atoms with Crippen molar-refractivity contribution < 1.29 is 9.53 Å². The van der Waals surface area contributed by atoms with Gasteiger partial charge in [-0.2, -0.15) is 0 Å². The van der Waals surface area contributed by atoms with Gasteiger partial charge in [-0.15, -0.1) is 0 Å². The van der Waals surface area contributed by atoms with Crippen molar-refractivity contribution in [2.24, 2.45) is 5.92 Å². The summed E-state index contributed by atoms with van der Waals surface area (Å²) in [4.78, 5) is 13.9. The minimum Gasteiger partial charge on any atom is -0.461 e. The maximum absolute atomic E-state index is 11.8. The van der Waals surface area contributed by atoms with Crippen molar-refractivity contribution in [1.82, 2.24) is 10.2 Å². The van der Waals surface area contributed by atoms with E-state index in [1.54, 1.807) is 0 Å². The summed E-state index contributed by atoms with van der Waals surface area (Å²) in [6, 6.07) is 9.73. The molecule has 1 rings (SSSR count). The molecule has 1 aromatic rings. The van der Waals surface area contributed by atoms with E-state index in [0.29, 0.717) is 13.2 Å². The first-order chi connectivity index (χ1) is 9.09. The molecule has 0 bridgehead atoms. The fourth-order valence-corrected chi connectivity index (χ4v) is 1.58. The number of nitrogens with one attached hydrogen (secondary N) is 1. The quantitative estimate of drug-likeness (QED) is 0.571. The van der Waals surface area contributed by atoms with E-state index in [2.05, 4.69) is 10.2 Å². The highest BCUT2D eigenvalue weighted by atomic mass is 16.5. The predicted molar refractivity (Wildman–Crippen MR) is 76.8 cm³/mol. The zero-order valence-corrected chi connectivity index (χ0v) is 12.1. The second-order valence-corrected chi connectivity index (χ2v) is 5.00. The van der Waals surface area contributed by atoms with Gasteiger partial charge in [0.2, 0.25) is 0 Å². The summed E-state index contributed by atoms with van der Waals surface area (Å²) >= 11 is 0. The number of ether oxygens (including phenoxy) is 1. The standard InChI is InChI=1S/C15H24N2O2/c1-13(11-16-9-10-17(2)3)15(18)19-12-14-7-5-4-6-8-14/h4-8,13,16H,9-12H2,1-3H3. The fraction of sp³-hybridized carbons (Fsp3) is 0.533. The molecule has 0 aliphatic carbocycles. The second-order valence-electron chi connectivity index (χ2n) is 5.00. The lowest BCUT2D eigenvalue weighted by Gasteiger charge is -2.14. The van der Waals surface area contributed by atoms with Gasteiger partial charge in [0.05, 0.1) is 5.92 Å². The van der Waals surface area contributed by atoms with Crippen LogP contribution in [0.2, 0.25) is 0 Å². The summed E-state index contributed by atoms with van der Waals surface area (Å²) in [5.74, 6) is -0.271. The smallest absolute Gasteiger partial charge is 0.310 e. The summed E-state index contributed by atoms with van der Waals surface area (Å²) in [5, 5.41) is 3.25. The molecule has 1 N–H and O–H groups in total. The molecule has 4 heteroatoms. The molecule has 0 aromatic heterocycles. The highest BCUT2D eigenvalue weighted by molar-refractivity contribution is 5.72. The van der Waals surface area contributed by atoms with Crippen molar-refractivity contribution in [3.8, 4) is 0 Å². The number of rotatable bonds is 8. The number of nitrogens with zero attached hydrogens (tertiary/aromatic N) is 1. The van der Waals surface area contributed by atoms with Crippen LogP contribution in [0.15, 0.2) is 30.3 Å². The highest BCUT2D eigenvalue weighted by Crippen LogP contribution is 2.04. The number of likely N-dealkylation sites (N-methyl/N-ethyl adjacent to an activating group) is 1. The van der Waals surface area contributed by atoms with Gasteiger partial charge in [0.15, 0.2) is 0 Å². The minimum atomic E-state index is -0.152. The van der Waals surface area contributed by atoms with Crippen molar-refractivity contribution >= 4 is 5.97 Å². The van der Waals surface area contributed by atoms with Gasteiger partial charge in [-0.25, -0.2) is 0 Å². The van der Waals surface area contributed by atoms with E-state index in [-0.39, 0.29) is 11.9 Å². The fourth-order valence-electron chi connectivity index (χ4n) is 1.58. The minimum absolute atomic E-state index is 0.120. The van der Waals surface area contributed by atoms with Gasteiger partial charge in [0.25, 0.3) is 0 Å². The monoisotopic (exact) mass is 264 g/mol. The van der Waals surface area contributed by atoms with Gasteiger partial charge in [0, 0.05) is 19.6 Å². The Morgan fingerprint density at radius 3 is 2.63 bits per heavy atom.